The third-order valence-electron chi connectivity index (χ3n) is 7.13. The summed E-state index contributed by atoms with van der Waals surface area (Å²) in [4.78, 5) is 64.4. The van der Waals surface area contributed by atoms with Gasteiger partial charge in [-0.1, -0.05) is 68.3 Å². The Bertz CT molecular complexity index is 1220. The molecule has 0 spiro atoms. The van der Waals surface area contributed by atoms with Crippen LogP contribution in [0.1, 0.15) is 27.1 Å². The molecule has 0 aromatic heterocycles. The topological polar surface area (TPSA) is 118 Å². The highest BCUT2D eigenvalue weighted by atomic mass is 79.9. The minimum atomic E-state index is -0.835. The van der Waals surface area contributed by atoms with Gasteiger partial charge in [-0.25, -0.2) is 5.01 Å². The monoisotopic (exact) mass is 603 g/mol. The molecule has 3 aliphatic rings. The van der Waals surface area contributed by atoms with Crippen LogP contribution in [0.2, 0.25) is 0 Å². The number of Topliss-reactive ketones (excluding diaryl/α,β-unsaturated/α-hetero) is 1. The summed E-state index contributed by atoms with van der Waals surface area (Å²) in [6, 6.07) is 13.2. The lowest BCUT2D eigenvalue weighted by Crippen LogP contribution is -2.52. The van der Waals surface area contributed by atoms with Crippen molar-refractivity contribution in [2.45, 2.75) is 16.1 Å². The smallest absolute Gasteiger partial charge is 0.273 e. The Morgan fingerprint density at radius 1 is 0.943 bits per heavy atom. The standard InChI is InChI=1S/C24H19Br2N3O6/c25-20-15-10-16(21(20)26)19-18(15)23(32)28(24(19)33)27(11-17(30)12-5-2-1-3-6-12)22(31)13-7-4-8-14(9-13)29(34)35/h1-9,15-16,18-21H,10-11H2/t15-,16-,18-,19+,20-,21+/m1/s1. The predicted molar refractivity (Wildman–Crippen MR) is 131 cm³/mol. The van der Waals surface area contributed by atoms with Gasteiger partial charge < -0.3 is 0 Å². The number of carbonyl (C=O) groups excluding carboxylic acids is 4. The first-order valence-electron chi connectivity index (χ1n) is 11.0. The Hall–Kier alpha value is -2.92. The number of nitro groups is 1. The molecule has 3 amide bonds. The maximum atomic E-state index is 13.6. The summed E-state index contributed by atoms with van der Waals surface area (Å²) in [5, 5.41) is 12.9. The number of nitrogens with zero attached hydrogens (tertiary/aromatic N) is 3. The minimum Gasteiger partial charge on any atom is -0.292 e. The van der Waals surface area contributed by atoms with E-state index >= 15 is 0 Å². The van der Waals surface area contributed by atoms with Crippen LogP contribution in [0.5, 0.6) is 0 Å². The van der Waals surface area contributed by atoms with Gasteiger partial charge in [-0.05, 0) is 24.3 Å². The van der Waals surface area contributed by atoms with Gasteiger partial charge in [-0.3, -0.25) is 29.3 Å². The molecule has 35 heavy (non-hydrogen) atoms. The van der Waals surface area contributed by atoms with Gasteiger partial charge in [0.25, 0.3) is 23.4 Å². The van der Waals surface area contributed by atoms with E-state index < -0.39 is 46.8 Å². The molecule has 2 aromatic carbocycles. The van der Waals surface area contributed by atoms with Crippen molar-refractivity contribution in [1.82, 2.24) is 10.0 Å². The molecule has 1 heterocycles. The number of hydrogen-bond acceptors (Lipinski definition) is 6. The quantitative estimate of drug-likeness (QED) is 0.163. The summed E-state index contributed by atoms with van der Waals surface area (Å²) in [6.07, 6.45) is 0.717. The first-order valence-corrected chi connectivity index (χ1v) is 12.8. The molecule has 0 radical (unpaired) electrons. The van der Waals surface area contributed by atoms with Gasteiger partial charge in [0, 0.05) is 32.9 Å². The van der Waals surface area contributed by atoms with Crippen molar-refractivity contribution in [2.75, 3.05) is 6.54 Å². The van der Waals surface area contributed by atoms with Gasteiger partial charge in [0.05, 0.1) is 16.8 Å². The maximum absolute atomic E-state index is 13.6. The van der Waals surface area contributed by atoms with Crippen molar-refractivity contribution in [1.29, 1.82) is 0 Å². The third-order valence-corrected chi connectivity index (χ3v) is 10.3. The number of alkyl halides is 2. The Morgan fingerprint density at radius 3 is 2.09 bits per heavy atom. The molecule has 0 unspecified atom stereocenters. The van der Waals surface area contributed by atoms with Crippen LogP contribution >= 0.6 is 31.9 Å². The molecule has 2 saturated carbocycles. The summed E-state index contributed by atoms with van der Waals surface area (Å²) in [5.41, 5.74) is -0.106. The van der Waals surface area contributed by atoms with Crippen molar-refractivity contribution >= 4 is 61.1 Å². The van der Waals surface area contributed by atoms with E-state index in [0.717, 1.165) is 16.1 Å². The van der Waals surface area contributed by atoms with E-state index in [9.17, 15) is 29.3 Å². The lowest BCUT2D eigenvalue weighted by atomic mass is 9.81. The first kappa shape index (κ1) is 23.8. The van der Waals surface area contributed by atoms with E-state index in [2.05, 4.69) is 31.9 Å². The highest BCUT2D eigenvalue weighted by molar-refractivity contribution is 9.12. The summed E-state index contributed by atoms with van der Waals surface area (Å²) in [6.45, 7) is -0.562. The van der Waals surface area contributed by atoms with Crippen LogP contribution in [0.4, 0.5) is 5.69 Å². The Balaban J connectivity index is 1.53. The highest BCUT2D eigenvalue weighted by Gasteiger charge is 2.67. The van der Waals surface area contributed by atoms with Gasteiger partial charge in [0.15, 0.2) is 5.78 Å². The van der Waals surface area contributed by atoms with Crippen molar-refractivity contribution in [3.8, 4) is 0 Å². The van der Waals surface area contributed by atoms with Crippen LogP contribution < -0.4 is 0 Å². The zero-order valence-electron chi connectivity index (χ0n) is 18.1. The second kappa shape index (κ2) is 8.94. The summed E-state index contributed by atoms with van der Waals surface area (Å²) in [5.74, 6) is -3.66. The molecule has 2 aromatic rings. The van der Waals surface area contributed by atoms with Crippen molar-refractivity contribution in [2.24, 2.45) is 23.7 Å². The number of halogens is 2. The maximum Gasteiger partial charge on any atom is 0.273 e. The third kappa shape index (κ3) is 3.81. The molecule has 6 atom stereocenters. The van der Waals surface area contributed by atoms with Gasteiger partial charge in [-0.2, -0.15) is 5.01 Å². The van der Waals surface area contributed by atoms with Crippen LogP contribution in [0.15, 0.2) is 54.6 Å². The molecule has 2 aliphatic carbocycles. The van der Waals surface area contributed by atoms with Crippen LogP contribution in [0, 0.1) is 33.8 Å². The summed E-state index contributed by atoms with van der Waals surface area (Å²) < 4.78 is 0. The van der Waals surface area contributed by atoms with Crippen LogP contribution in [-0.2, 0) is 9.59 Å². The molecule has 1 saturated heterocycles. The average molecular weight is 605 g/mol. The first-order chi connectivity index (χ1) is 16.7. The number of benzene rings is 2. The van der Waals surface area contributed by atoms with Gasteiger partial charge in [-0.15, -0.1) is 0 Å². The fourth-order valence-corrected chi connectivity index (χ4v) is 7.43. The number of hydrogen-bond donors (Lipinski definition) is 0. The number of imide groups is 1. The van der Waals surface area contributed by atoms with Gasteiger partial charge in [0.2, 0.25) is 0 Å². The number of nitro benzene ring substituents is 1. The zero-order chi connectivity index (χ0) is 25.0. The van der Waals surface area contributed by atoms with Crippen molar-refractivity contribution in [3.63, 3.8) is 0 Å². The lowest BCUT2D eigenvalue weighted by Gasteiger charge is -2.30. The van der Waals surface area contributed by atoms with Gasteiger partial charge in [0.1, 0.15) is 6.54 Å². The Labute approximate surface area is 216 Å². The largest absolute Gasteiger partial charge is 0.292 e. The average Bonchev–Trinajstić information content (AvgIpc) is 3.47. The predicted octanol–water partition coefficient (Wildman–Crippen LogP) is 3.61. The molecule has 9 nitrogen and oxygen atoms in total. The second-order valence-corrected chi connectivity index (χ2v) is 11.1. The molecule has 5 rings (SSSR count). The van der Waals surface area contributed by atoms with E-state index in [-0.39, 0.29) is 32.7 Å². The van der Waals surface area contributed by atoms with Gasteiger partial charge >= 0.3 is 0 Å². The minimum absolute atomic E-state index is 0.0114. The number of fused-ring (bicyclic) bond motifs is 5. The number of non-ortho nitro benzene ring substituents is 1. The van der Waals surface area contributed by atoms with Crippen molar-refractivity contribution < 1.29 is 24.1 Å². The molecule has 0 N–H and O–H groups in total. The van der Waals surface area contributed by atoms with E-state index in [1.165, 1.54) is 18.2 Å². The molecular formula is C24H19Br2N3O6. The fraction of sp³-hybridized carbons (Fsp3) is 0.333. The molecule has 11 heteroatoms. The van der Waals surface area contributed by atoms with Crippen molar-refractivity contribution in [3.05, 3.63) is 75.8 Å². The van der Waals surface area contributed by atoms with Crippen LogP contribution in [0.25, 0.3) is 0 Å². The SMILES string of the molecule is O=C(CN(C(=O)c1cccc([N+](=O)[O-])c1)N1C(=O)[C@@H]2[C@H]3C[C@@H]([C@H](Br)[C@@H]3Br)[C@@H]2C1=O)c1ccccc1. The van der Waals surface area contributed by atoms with E-state index in [4.69, 9.17) is 0 Å². The Morgan fingerprint density at radius 2 is 1.51 bits per heavy atom. The summed E-state index contributed by atoms with van der Waals surface area (Å²) >= 11 is 7.26. The second-order valence-electron chi connectivity index (χ2n) is 8.95. The molecule has 2 bridgehead atoms. The molecular weight excluding hydrogens is 586 g/mol. The van der Waals surface area contributed by atoms with Crippen LogP contribution in [-0.4, -0.2) is 54.6 Å². The fourth-order valence-electron chi connectivity index (χ4n) is 5.56. The normalized spacial score (nSPS) is 28.8. The lowest BCUT2D eigenvalue weighted by molar-refractivity contribution is -0.384. The summed E-state index contributed by atoms with van der Waals surface area (Å²) in [7, 11) is 0. The van der Waals surface area contributed by atoms with E-state index in [1.807, 2.05) is 0 Å². The Kier molecular flexibility index (Phi) is 6.08. The molecule has 180 valence electrons. The number of ketones is 1. The number of carbonyl (C=O) groups is 4. The van der Waals surface area contributed by atoms with E-state index in [1.54, 1.807) is 30.3 Å². The van der Waals surface area contributed by atoms with E-state index in [0.29, 0.717) is 12.0 Å². The zero-order valence-corrected chi connectivity index (χ0v) is 21.3. The number of rotatable bonds is 6. The number of hydrazine groups is 1. The molecule has 3 fully saturated rings. The molecule has 1 aliphatic heterocycles. The highest BCUT2D eigenvalue weighted by Crippen LogP contribution is 2.60. The number of amides is 3. The van der Waals surface area contributed by atoms with Crippen LogP contribution in [0.3, 0.4) is 0 Å².